The van der Waals surface area contributed by atoms with Crippen LogP contribution in [0.5, 0.6) is 0 Å². The van der Waals surface area contributed by atoms with Gasteiger partial charge in [0, 0.05) is 0 Å². The summed E-state index contributed by atoms with van der Waals surface area (Å²) < 4.78 is 0. The minimum absolute atomic E-state index is 0.887. The molecular formula is C11H12N2. The van der Waals surface area contributed by atoms with E-state index in [4.69, 9.17) is 0 Å². The van der Waals surface area contributed by atoms with Gasteiger partial charge in [-0.15, -0.1) is 0 Å². The van der Waals surface area contributed by atoms with Crippen molar-refractivity contribution in [2.24, 2.45) is 4.99 Å². The molecule has 0 atom stereocenters. The summed E-state index contributed by atoms with van der Waals surface area (Å²) in [6.07, 6.45) is 0. The lowest BCUT2D eigenvalue weighted by Crippen LogP contribution is -2.11. The van der Waals surface area contributed by atoms with Crippen LogP contribution in [-0.2, 0) is 0 Å². The van der Waals surface area contributed by atoms with Gasteiger partial charge in [-0.05, 0) is 25.5 Å². The van der Waals surface area contributed by atoms with Crippen LogP contribution >= 0.6 is 0 Å². The van der Waals surface area contributed by atoms with Crippen LogP contribution < -0.4 is 5.32 Å². The lowest BCUT2D eigenvalue weighted by atomic mass is 10.1. The van der Waals surface area contributed by atoms with Crippen molar-refractivity contribution in [1.82, 2.24) is 0 Å². The summed E-state index contributed by atoms with van der Waals surface area (Å²) in [5.41, 5.74) is 5.12. The first-order valence-electron chi connectivity index (χ1n) is 4.29. The zero-order chi connectivity index (χ0) is 9.42. The van der Waals surface area contributed by atoms with Gasteiger partial charge in [0.1, 0.15) is 0 Å². The number of rotatable bonds is 0. The minimum atomic E-state index is 0.887. The van der Waals surface area contributed by atoms with Crippen molar-refractivity contribution in [3.63, 3.8) is 0 Å². The van der Waals surface area contributed by atoms with Crippen LogP contribution in [-0.4, -0.2) is 5.71 Å². The van der Waals surface area contributed by atoms with Gasteiger partial charge >= 0.3 is 0 Å². The maximum atomic E-state index is 4.48. The quantitative estimate of drug-likeness (QED) is 0.639. The Morgan fingerprint density at radius 3 is 2.85 bits per heavy atom. The van der Waals surface area contributed by atoms with Crippen molar-refractivity contribution in [2.45, 2.75) is 13.8 Å². The number of benzene rings is 1. The predicted octanol–water partition coefficient (Wildman–Crippen LogP) is 3.03. The lowest BCUT2D eigenvalue weighted by molar-refractivity contribution is 1.33. The SMILES string of the molecule is C=C1Nc2cccc(C)c2N=C1C. The summed E-state index contributed by atoms with van der Waals surface area (Å²) in [5.74, 6) is 0. The molecular weight excluding hydrogens is 160 g/mol. The van der Waals surface area contributed by atoms with Crippen LogP contribution in [0.15, 0.2) is 35.5 Å². The Morgan fingerprint density at radius 1 is 1.31 bits per heavy atom. The summed E-state index contributed by atoms with van der Waals surface area (Å²) >= 11 is 0. The highest BCUT2D eigenvalue weighted by atomic mass is 15.0. The molecule has 1 aliphatic rings. The van der Waals surface area contributed by atoms with E-state index >= 15 is 0 Å². The van der Waals surface area contributed by atoms with Gasteiger partial charge in [0.25, 0.3) is 0 Å². The largest absolute Gasteiger partial charge is 0.353 e. The molecule has 0 bridgehead atoms. The first-order chi connectivity index (χ1) is 6.18. The standard InChI is InChI=1S/C11H12N2/c1-7-5-4-6-10-11(7)13-9(3)8(2)12-10/h4-6,12H,2H2,1,3H3. The van der Waals surface area contributed by atoms with Gasteiger partial charge in [0.2, 0.25) is 0 Å². The van der Waals surface area contributed by atoms with Gasteiger partial charge in [-0.25, -0.2) is 4.99 Å². The van der Waals surface area contributed by atoms with Crippen LogP contribution in [0.25, 0.3) is 0 Å². The normalized spacial score (nSPS) is 14.6. The Hall–Kier alpha value is -1.57. The Kier molecular flexibility index (Phi) is 1.69. The summed E-state index contributed by atoms with van der Waals surface area (Å²) in [6, 6.07) is 6.10. The monoisotopic (exact) mass is 172 g/mol. The molecule has 1 heterocycles. The van der Waals surface area contributed by atoms with Gasteiger partial charge in [0.05, 0.1) is 22.8 Å². The summed E-state index contributed by atoms with van der Waals surface area (Å²) in [4.78, 5) is 4.48. The van der Waals surface area contributed by atoms with E-state index in [-0.39, 0.29) is 0 Å². The summed E-state index contributed by atoms with van der Waals surface area (Å²) in [5, 5.41) is 3.23. The van der Waals surface area contributed by atoms with Gasteiger partial charge < -0.3 is 5.32 Å². The molecule has 0 radical (unpaired) electrons. The first kappa shape index (κ1) is 8.05. The molecule has 1 aliphatic heterocycles. The van der Waals surface area contributed by atoms with E-state index in [1.165, 1.54) is 5.56 Å². The van der Waals surface area contributed by atoms with Gasteiger partial charge in [-0.2, -0.15) is 0 Å². The van der Waals surface area contributed by atoms with Crippen LogP contribution in [0, 0.1) is 6.92 Å². The predicted molar refractivity (Wildman–Crippen MR) is 56.7 cm³/mol. The van der Waals surface area contributed by atoms with Crippen LogP contribution in [0.3, 0.4) is 0 Å². The number of aryl methyl sites for hydroxylation is 1. The van der Waals surface area contributed by atoms with Crippen molar-refractivity contribution < 1.29 is 0 Å². The van der Waals surface area contributed by atoms with Crippen molar-refractivity contribution >= 4 is 17.1 Å². The molecule has 0 spiro atoms. The Bertz CT molecular complexity index is 403. The number of fused-ring (bicyclic) bond motifs is 1. The highest BCUT2D eigenvalue weighted by molar-refractivity contribution is 6.05. The second-order valence-electron chi connectivity index (χ2n) is 3.27. The molecule has 0 saturated heterocycles. The van der Waals surface area contributed by atoms with E-state index < -0.39 is 0 Å². The van der Waals surface area contributed by atoms with Crippen molar-refractivity contribution in [3.8, 4) is 0 Å². The average molecular weight is 172 g/mol. The average Bonchev–Trinajstić information content (AvgIpc) is 2.09. The maximum absolute atomic E-state index is 4.48. The van der Waals surface area contributed by atoms with Gasteiger partial charge in [-0.1, -0.05) is 18.7 Å². The summed E-state index contributed by atoms with van der Waals surface area (Å²) in [6.45, 7) is 7.91. The second-order valence-corrected chi connectivity index (χ2v) is 3.27. The van der Waals surface area contributed by atoms with E-state index in [0.717, 1.165) is 22.8 Å². The first-order valence-corrected chi connectivity index (χ1v) is 4.29. The highest BCUT2D eigenvalue weighted by Gasteiger charge is 2.12. The number of nitrogens with zero attached hydrogens (tertiary/aromatic N) is 1. The highest BCUT2D eigenvalue weighted by Crippen LogP contribution is 2.33. The van der Waals surface area contributed by atoms with E-state index in [1.54, 1.807) is 0 Å². The molecule has 1 aromatic rings. The molecule has 1 N–H and O–H groups in total. The van der Waals surface area contributed by atoms with E-state index in [9.17, 15) is 0 Å². The molecule has 2 heteroatoms. The fraction of sp³-hybridized carbons (Fsp3) is 0.182. The smallest absolute Gasteiger partial charge is 0.0897 e. The minimum Gasteiger partial charge on any atom is -0.353 e. The fourth-order valence-corrected chi connectivity index (χ4v) is 1.40. The zero-order valence-electron chi connectivity index (χ0n) is 7.89. The van der Waals surface area contributed by atoms with E-state index in [0.29, 0.717) is 0 Å². The molecule has 0 aliphatic carbocycles. The molecule has 2 rings (SSSR count). The lowest BCUT2D eigenvalue weighted by Gasteiger charge is -2.18. The number of para-hydroxylation sites is 1. The third-order valence-electron chi connectivity index (χ3n) is 2.24. The fourth-order valence-electron chi connectivity index (χ4n) is 1.40. The number of nitrogens with one attached hydrogen (secondary N) is 1. The molecule has 0 aromatic heterocycles. The molecule has 0 fully saturated rings. The van der Waals surface area contributed by atoms with Crippen molar-refractivity contribution in [2.75, 3.05) is 5.32 Å². The van der Waals surface area contributed by atoms with Crippen LogP contribution in [0.1, 0.15) is 12.5 Å². The van der Waals surface area contributed by atoms with Crippen molar-refractivity contribution in [1.29, 1.82) is 0 Å². The van der Waals surface area contributed by atoms with Crippen molar-refractivity contribution in [3.05, 3.63) is 36.0 Å². The molecule has 0 saturated carbocycles. The van der Waals surface area contributed by atoms with Crippen LogP contribution in [0.4, 0.5) is 11.4 Å². The number of anilines is 1. The second kappa shape index (κ2) is 2.73. The third kappa shape index (κ3) is 1.24. The Morgan fingerprint density at radius 2 is 2.08 bits per heavy atom. The Labute approximate surface area is 78.0 Å². The maximum Gasteiger partial charge on any atom is 0.0897 e. The van der Waals surface area contributed by atoms with Crippen LogP contribution in [0.2, 0.25) is 0 Å². The molecule has 66 valence electrons. The molecule has 1 aromatic carbocycles. The molecule has 0 unspecified atom stereocenters. The Balaban J connectivity index is 2.63. The molecule has 2 nitrogen and oxygen atoms in total. The third-order valence-corrected chi connectivity index (χ3v) is 2.24. The number of allylic oxidation sites excluding steroid dienone is 1. The van der Waals surface area contributed by atoms with E-state index in [2.05, 4.69) is 29.9 Å². The summed E-state index contributed by atoms with van der Waals surface area (Å²) in [7, 11) is 0. The molecule has 13 heavy (non-hydrogen) atoms. The molecule has 0 amide bonds. The number of hydrogen-bond donors (Lipinski definition) is 1. The topological polar surface area (TPSA) is 24.4 Å². The number of aliphatic imine (C=N–C) groups is 1. The van der Waals surface area contributed by atoms with Gasteiger partial charge in [-0.3, -0.25) is 0 Å². The zero-order valence-corrected chi connectivity index (χ0v) is 7.89. The van der Waals surface area contributed by atoms with Gasteiger partial charge in [0.15, 0.2) is 0 Å². The van der Waals surface area contributed by atoms with E-state index in [1.807, 2.05) is 19.1 Å². The number of hydrogen-bond acceptors (Lipinski definition) is 2.